The van der Waals surface area contributed by atoms with Gasteiger partial charge in [-0.1, -0.05) is 90.5 Å². The number of benzene rings is 4. The highest BCUT2D eigenvalue weighted by Gasteiger charge is 2.32. The number of alkyl halides is 3. The Bertz CT molecular complexity index is 1520. The van der Waals surface area contributed by atoms with E-state index in [0.717, 1.165) is 28.8 Å². The third-order valence-electron chi connectivity index (χ3n) is 6.26. The SMILES string of the molecule is Cc1cc(C)c(S(=O)(=O)NC(/C(=C/c2ccccc2)c2ccccc2)c2ccc(C(F)(F)F)cc2)c(C)c1. The summed E-state index contributed by atoms with van der Waals surface area (Å²) in [7, 11) is -4.08. The van der Waals surface area contributed by atoms with Gasteiger partial charge in [0.05, 0.1) is 16.5 Å². The first-order valence-corrected chi connectivity index (χ1v) is 13.5. The molecule has 0 fully saturated rings. The predicted molar refractivity (Wildman–Crippen MR) is 146 cm³/mol. The van der Waals surface area contributed by atoms with Crippen LogP contribution in [0.25, 0.3) is 11.6 Å². The van der Waals surface area contributed by atoms with Gasteiger partial charge in [0.1, 0.15) is 0 Å². The molecule has 1 N–H and O–H groups in total. The van der Waals surface area contributed by atoms with Gasteiger partial charge in [0.25, 0.3) is 0 Å². The highest BCUT2D eigenvalue weighted by atomic mass is 32.2. The van der Waals surface area contributed by atoms with Crippen LogP contribution in [0.3, 0.4) is 0 Å². The molecule has 3 nitrogen and oxygen atoms in total. The minimum atomic E-state index is -4.51. The quantitative estimate of drug-likeness (QED) is 0.245. The Morgan fingerprint density at radius 2 is 1.32 bits per heavy atom. The van der Waals surface area contributed by atoms with Crippen LogP contribution in [0.2, 0.25) is 0 Å². The van der Waals surface area contributed by atoms with Crippen molar-refractivity contribution in [2.24, 2.45) is 0 Å². The molecule has 0 aliphatic rings. The zero-order valence-corrected chi connectivity index (χ0v) is 22.1. The van der Waals surface area contributed by atoms with Crippen LogP contribution in [0, 0.1) is 20.8 Å². The fraction of sp³-hybridized carbons (Fsp3) is 0.161. The van der Waals surface area contributed by atoms with Gasteiger partial charge in [-0.05, 0) is 72.4 Å². The number of aryl methyl sites for hydroxylation is 3. The molecule has 4 aromatic carbocycles. The second-order valence-electron chi connectivity index (χ2n) is 9.28. The standard InChI is InChI=1S/C31H28F3NO2S/c1-21-18-22(2)30(23(3)19-21)38(36,37)35-29(26-14-16-27(17-15-26)31(32,33)34)28(25-12-8-5-9-13-25)20-24-10-6-4-7-11-24/h4-20,29,35H,1-3H3/b28-20+. The Kier molecular flexibility index (Phi) is 7.90. The molecule has 0 heterocycles. The van der Waals surface area contributed by atoms with Crippen LogP contribution >= 0.6 is 0 Å². The summed E-state index contributed by atoms with van der Waals surface area (Å²) in [5.41, 5.74) is 3.86. The third kappa shape index (κ3) is 6.23. The molecule has 0 saturated carbocycles. The second kappa shape index (κ2) is 11.0. The highest BCUT2D eigenvalue weighted by Crippen LogP contribution is 2.36. The van der Waals surface area contributed by atoms with E-state index >= 15 is 0 Å². The lowest BCUT2D eigenvalue weighted by Gasteiger charge is -2.25. The van der Waals surface area contributed by atoms with E-state index in [4.69, 9.17) is 0 Å². The van der Waals surface area contributed by atoms with Gasteiger partial charge in [-0.3, -0.25) is 0 Å². The van der Waals surface area contributed by atoms with E-state index in [1.54, 1.807) is 26.0 Å². The Morgan fingerprint density at radius 1 is 0.789 bits per heavy atom. The Balaban J connectivity index is 1.92. The lowest BCUT2D eigenvalue weighted by Crippen LogP contribution is -2.31. The zero-order valence-electron chi connectivity index (χ0n) is 21.3. The lowest BCUT2D eigenvalue weighted by atomic mass is 9.91. The summed E-state index contributed by atoms with van der Waals surface area (Å²) < 4.78 is 70.5. The summed E-state index contributed by atoms with van der Waals surface area (Å²) in [6.45, 7) is 5.37. The Hall–Kier alpha value is -3.68. The van der Waals surface area contributed by atoms with Crippen molar-refractivity contribution in [3.05, 3.63) is 136 Å². The molecule has 0 aliphatic heterocycles. The molecule has 38 heavy (non-hydrogen) atoms. The smallest absolute Gasteiger partial charge is 0.207 e. The molecule has 0 radical (unpaired) electrons. The monoisotopic (exact) mass is 535 g/mol. The first-order chi connectivity index (χ1) is 18.0. The van der Waals surface area contributed by atoms with E-state index in [0.29, 0.717) is 22.3 Å². The van der Waals surface area contributed by atoms with Crippen LogP contribution in [-0.2, 0) is 16.2 Å². The van der Waals surface area contributed by atoms with Gasteiger partial charge in [-0.15, -0.1) is 0 Å². The molecule has 0 saturated heterocycles. The molecular formula is C31H28F3NO2S. The van der Waals surface area contributed by atoms with Gasteiger partial charge in [0.15, 0.2) is 0 Å². The Morgan fingerprint density at radius 3 is 1.84 bits per heavy atom. The van der Waals surface area contributed by atoms with Crippen LogP contribution in [0.15, 0.2) is 102 Å². The largest absolute Gasteiger partial charge is 0.416 e. The molecular weight excluding hydrogens is 507 g/mol. The number of halogens is 3. The van der Waals surface area contributed by atoms with Crippen molar-refractivity contribution in [3.8, 4) is 0 Å². The van der Waals surface area contributed by atoms with Crippen molar-refractivity contribution >= 4 is 21.7 Å². The topological polar surface area (TPSA) is 46.2 Å². The van der Waals surface area contributed by atoms with Crippen molar-refractivity contribution in [2.75, 3.05) is 0 Å². The van der Waals surface area contributed by atoms with E-state index in [9.17, 15) is 21.6 Å². The van der Waals surface area contributed by atoms with Crippen LogP contribution in [0.5, 0.6) is 0 Å². The lowest BCUT2D eigenvalue weighted by molar-refractivity contribution is -0.137. The summed E-state index contributed by atoms with van der Waals surface area (Å²) >= 11 is 0. The summed E-state index contributed by atoms with van der Waals surface area (Å²) in [5.74, 6) is 0. The van der Waals surface area contributed by atoms with E-state index in [1.807, 2.05) is 73.7 Å². The summed E-state index contributed by atoms with van der Waals surface area (Å²) in [5, 5.41) is 0. The zero-order chi connectivity index (χ0) is 27.5. The third-order valence-corrected chi connectivity index (χ3v) is 7.99. The molecule has 7 heteroatoms. The summed E-state index contributed by atoms with van der Waals surface area (Å²) in [6, 6.07) is 25.8. The highest BCUT2D eigenvalue weighted by molar-refractivity contribution is 7.89. The van der Waals surface area contributed by atoms with Crippen LogP contribution < -0.4 is 4.72 Å². The van der Waals surface area contributed by atoms with Crippen molar-refractivity contribution in [1.29, 1.82) is 0 Å². The number of sulfonamides is 1. The Labute approximate surface area is 221 Å². The minimum Gasteiger partial charge on any atom is -0.207 e. The number of nitrogens with one attached hydrogen (secondary N) is 1. The molecule has 0 bridgehead atoms. The first-order valence-electron chi connectivity index (χ1n) is 12.0. The van der Waals surface area contributed by atoms with Gasteiger partial charge in [0, 0.05) is 0 Å². The normalized spacial score (nSPS) is 13.4. The molecule has 0 aliphatic carbocycles. The molecule has 4 rings (SSSR count). The molecule has 196 valence electrons. The minimum absolute atomic E-state index is 0.159. The molecule has 4 aromatic rings. The van der Waals surface area contributed by atoms with Crippen molar-refractivity contribution < 1.29 is 21.6 Å². The van der Waals surface area contributed by atoms with E-state index in [2.05, 4.69) is 4.72 Å². The second-order valence-corrected chi connectivity index (χ2v) is 10.9. The van der Waals surface area contributed by atoms with E-state index < -0.39 is 27.8 Å². The van der Waals surface area contributed by atoms with Gasteiger partial charge >= 0.3 is 6.18 Å². The fourth-order valence-electron chi connectivity index (χ4n) is 4.67. The number of hydrogen-bond donors (Lipinski definition) is 1. The summed E-state index contributed by atoms with van der Waals surface area (Å²) in [4.78, 5) is 0.159. The number of rotatable bonds is 7. The molecule has 1 unspecified atom stereocenters. The molecule has 1 atom stereocenters. The van der Waals surface area contributed by atoms with Gasteiger partial charge in [0.2, 0.25) is 10.0 Å². The van der Waals surface area contributed by atoms with Gasteiger partial charge in [-0.25, -0.2) is 8.42 Å². The fourth-order valence-corrected chi connectivity index (χ4v) is 6.33. The van der Waals surface area contributed by atoms with Crippen molar-refractivity contribution in [2.45, 2.75) is 37.9 Å². The van der Waals surface area contributed by atoms with Gasteiger partial charge in [-0.2, -0.15) is 17.9 Å². The molecule has 0 aromatic heterocycles. The van der Waals surface area contributed by atoms with Crippen molar-refractivity contribution in [1.82, 2.24) is 4.72 Å². The van der Waals surface area contributed by atoms with Crippen LogP contribution in [0.1, 0.15) is 45.0 Å². The van der Waals surface area contributed by atoms with E-state index in [-0.39, 0.29) is 4.90 Å². The average molecular weight is 536 g/mol. The maximum Gasteiger partial charge on any atom is 0.416 e. The predicted octanol–water partition coefficient (Wildman–Crippen LogP) is 7.89. The van der Waals surface area contributed by atoms with Crippen molar-refractivity contribution in [3.63, 3.8) is 0 Å². The van der Waals surface area contributed by atoms with Crippen LogP contribution in [0.4, 0.5) is 13.2 Å². The van der Waals surface area contributed by atoms with E-state index in [1.165, 1.54) is 12.1 Å². The average Bonchev–Trinajstić information content (AvgIpc) is 2.86. The molecule has 0 spiro atoms. The summed E-state index contributed by atoms with van der Waals surface area (Å²) in [6.07, 6.45) is -2.65. The van der Waals surface area contributed by atoms with Crippen LogP contribution in [-0.4, -0.2) is 8.42 Å². The van der Waals surface area contributed by atoms with Gasteiger partial charge < -0.3 is 0 Å². The first kappa shape index (κ1) is 27.4. The maximum absolute atomic E-state index is 13.9. The molecule has 0 amide bonds. The number of hydrogen-bond acceptors (Lipinski definition) is 2. The maximum atomic E-state index is 13.9.